The molecule has 1 unspecified atom stereocenters. The maximum absolute atomic E-state index is 5.67. The summed E-state index contributed by atoms with van der Waals surface area (Å²) in [6, 6.07) is 8.34. The van der Waals surface area contributed by atoms with Crippen molar-refractivity contribution in [2.75, 3.05) is 26.2 Å². The lowest BCUT2D eigenvalue weighted by atomic mass is 10.0. The van der Waals surface area contributed by atoms with Crippen LogP contribution in [0.1, 0.15) is 32.3 Å². The molecule has 3 heteroatoms. The van der Waals surface area contributed by atoms with Gasteiger partial charge in [-0.05, 0) is 26.8 Å². The fourth-order valence-corrected chi connectivity index (χ4v) is 2.20. The van der Waals surface area contributed by atoms with E-state index in [1.54, 1.807) is 0 Å². The summed E-state index contributed by atoms with van der Waals surface area (Å²) in [7, 11) is 0. The molecule has 3 nitrogen and oxygen atoms in total. The number of hydrogen-bond acceptors (Lipinski definition) is 3. The van der Waals surface area contributed by atoms with Crippen LogP contribution in [-0.4, -0.2) is 31.8 Å². The van der Waals surface area contributed by atoms with Gasteiger partial charge in [0.2, 0.25) is 0 Å². The van der Waals surface area contributed by atoms with Crippen LogP contribution in [0.4, 0.5) is 0 Å². The van der Waals surface area contributed by atoms with E-state index in [9.17, 15) is 0 Å². The van der Waals surface area contributed by atoms with Crippen LogP contribution in [0.15, 0.2) is 24.3 Å². The van der Waals surface area contributed by atoms with Gasteiger partial charge in [0.15, 0.2) is 0 Å². The number of para-hydroxylation sites is 1. The second kappa shape index (κ2) is 5.72. The quantitative estimate of drug-likeness (QED) is 0.783. The lowest BCUT2D eigenvalue weighted by Gasteiger charge is -2.21. The van der Waals surface area contributed by atoms with E-state index >= 15 is 0 Å². The van der Waals surface area contributed by atoms with Gasteiger partial charge in [0.1, 0.15) is 5.75 Å². The molecular weight excluding hydrogens is 224 g/mol. The minimum Gasteiger partial charge on any atom is -0.493 e. The van der Waals surface area contributed by atoms with Gasteiger partial charge in [-0.15, -0.1) is 0 Å². The maximum atomic E-state index is 5.67. The number of fused-ring (bicyclic) bond motifs is 1. The Balaban J connectivity index is 1.70. The van der Waals surface area contributed by atoms with E-state index in [1.807, 2.05) is 6.07 Å². The van der Waals surface area contributed by atoms with Gasteiger partial charge in [-0.3, -0.25) is 0 Å². The van der Waals surface area contributed by atoms with Crippen LogP contribution >= 0.6 is 0 Å². The standard InChI is InChI=1S/C15H24N2O/c1-15(2,3)17-9-8-16-10-12-11-18-14-7-5-4-6-13(12)14/h4-7,12,16-17H,8-11H2,1-3H3. The SMILES string of the molecule is CC(C)(C)NCCNCC1COc2ccccc21. The molecule has 100 valence electrons. The average Bonchev–Trinajstić information content (AvgIpc) is 2.71. The zero-order valence-electron chi connectivity index (χ0n) is 11.6. The molecule has 0 radical (unpaired) electrons. The van der Waals surface area contributed by atoms with Gasteiger partial charge in [-0.2, -0.15) is 0 Å². The van der Waals surface area contributed by atoms with Crippen LogP contribution in [0.5, 0.6) is 5.75 Å². The predicted octanol–water partition coefficient (Wildman–Crippen LogP) is 2.14. The van der Waals surface area contributed by atoms with E-state index in [4.69, 9.17) is 4.74 Å². The molecule has 0 saturated carbocycles. The highest BCUT2D eigenvalue weighted by molar-refractivity contribution is 5.39. The number of rotatable bonds is 5. The first-order valence-electron chi connectivity index (χ1n) is 6.74. The lowest BCUT2D eigenvalue weighted by molar-refractivity contribution is 0.325. The molecular formula is C15H24N2O. The zero-order chi connectivity index (χ0) is 13.0. The first-order chi connectivity index (χ1) is 8.56. The highest BCUT2D eigenvalue weighted by Gasteiger charge is 2.22. The molecule has 0 spiro atoms. The predicted molar refractivity (Wildman–Crippen MR) is 75.3 cm³/mol. The Morgan fingerprint density at radius 3 is 2.78 bits per heavy atom. The minimum absolute atomic E-state index is 0.199. The largest absolute Gasteiger partial charge is 0.493 e. The number of nitrogens with one attached hydrogen (secondary N) is 2. The summed E-state index contributed by atoms with van der Waals surface area (Å²) in [5.41, 5.74) is 1.54. The van der Waals surface area contributed by atoms with Crippen molar-refractivity contribution in [1.82, 2.24) is 10.6 Å². The summed E-state index contributed by atoms with van der Waals surface area (Å²) in [6.45, 7) is 10.4. The van der Waals surface area contributed by atoms with Crippen LogP contribution in [0, 0.1) is 0 Å². The Kier molecular flexibility index (Phi) is 4.25. The summed E-state index contributed by atoms with van der Waals surface area (Å²) >= 11 is 0. The zero-order valence-corrected chi connectivity index (χ0v) is 11.6. The second-order valence-electron chi connectivity index (χ2n) is 5.93. The highest BCUT2D eigenvalue weighted by atomic mass is 16.5. The van der Waals surface area contributed by atoms with Gasteiger partial charge in [-0.1, -0.05) is 18.2 Å². The van der Waals surface area contributed by atoms with Crippen molar-refractivity contribution in [3.8, 4) is 5.75 Å². The Morgan fingerprint density at radius 2 is 2.00 bits per heavy atom. The van der Waals surface area contributed by atoms with Crippen molar-refractivity contribution in [2.45, 2.75) is 32.2 Å². The first kappa shape index (κ1) is 13.4. The molecule has 2 rings (SSSR count). The Morgan fingerprint density at radius 1 is 1.22 bits per heavy atom. The van der Waals surface area contributed by atoms with Gasteiger partial charge in [0.25, 0.3) is 0 Å². The molecule has 0 saturated heterocycles. The Labute approximate surface area is 110 Å². The molecule has 1 aromatic rings. The minimum atomic E-state index is 0.199. The van der Waals surface area contributed by atoms with Crippen LogP contribution in [0.25, 0.3) is 0 Å². The van der Waals surface area contributed by atoms with Crippen molar-refractivity contribution in [2.24, 2.45) is 0 Å². The van der Waals surface area contributed by atoms with Crippen LogP contribution < -0.4 is 15.4 Å². The van der Waals surface area contributed by atoms with E-state index in [0.717, 1.165) is 32.0 Å². The molecule has 18 heavy (non-hydrogen) atoms. The molecule has 1 aliphatic heterocycles. The summed E-state index contributed by atoms with van der Waals surface area (Å²) in [5.74, 6) is 1.55. The van der Waals surface area contributed by atoms with Crippen molar-refractivity contribution in [3.63, 3.8) is 0 Å². The van der Waals surface area contributed by atoms with E-state index in [0.29, 0.717) is 5.92 Å². The summed E-state index contributed by atoms with van der Waals surface area (Å²) < 4.78 is 5.67. The number of benzene rings is 1. The van der Waals surface area contributed by atoms with Crippen LogP contribution in [-0.2, 0) is 0 Å². The molecule has 0 amide bonds. The molecule has 0 fully saturated rings. The summed E-state index contributed by atoms with van der Waals surface area (Å²) in [6.07, 6.45) is 0. The average molecular weight is 248 g/mol. The lowest BCUT2D eigenvalue weighted by Crippen LogP contribution is -2.40. The van der Waals surface area contributed by atoms with Crippen molar-refractivity contribution in [1.29, 1.82) is 0 Å². The van der Waals surface area contributed by atoms with E-state index in [-0.39, 0.29) is 5.54 Å². The van der Waals surface area contributed by atoms with Gasteiger partial charge in [-0.25, -0.2) is 0 Å². The third-order valence-corrected chi connectivity index (χ3v) is 3.15. The molecule has 1 heterocycles. The third kappa shape index (κ3) is 3.72. The Bertz CT molecular complexity index is 384. The molecule has 1 aromatic carbocycles. The number of ether oxygens (including phenoxy) is 1. The van der Waals surface area contributed by atoms with E-state index in [2.05, 4.69) is 49.6 Å². The number of hydrogen-bond donors (Lipinski definition) is 2. The molecule has 1 atom stereocenters. The van der Waals surface area contributed by atoms with Crippen LogP contribution in [0.2, 0.25) is 0 Å². The van der Waals surface area contributed by atoms with Crippen molar-refractivity contribution < 1.29 is 4.74 Å². The van der Waals surface area contributed by atoms with Gasteiger partial charge < -0.3 is 15.4 Å². The molecule has 2 N–H and O–H groups in total. The van der Waals surface area contributed by atoms with E-state index < -0.39 is 0 Å². The fraction of sp³-hybridized carbons (Fsp3) is 0.600. The normalized spacial score (nSPS) is 18.5. The third-order valence-electron chi connectivity index (χ3n) is 3.15. The fourth-order valence-electron chi connectivity index (χ4n) is 2.20. The van der Waals surface area contributed by atoms with Gasteiger partial charge >= 0.3 is 0 Å². The topological polar surface area (TPSA) is 33.3 Å². The monoisotopic (exact) mass is 248 g/mol. The van der Waals surface area contributed by atoms with Crippen LogP contribution in [0.3, 0.4) is 0 Å². The van der Waals surface area contributed by atoms with Crippen molar-refractivity contribution in [3.05, 3.63) is 29.8 Å². The van der Waals surface area contributed by atoms with Gasteiger partial charge in [0, 0.05) is 36.7 Å². The Hall–Kier alpha value is -1.06. The molecule has 0 aromatic heterocycles. The molecule has 0 aliphatic carbocycles. The van der Waals surface area contributed by atoms with E-state index in [1.165, 1.54) is 5.56 Å². The smallest absolute Gasteiger partial charge is 0.122 e. The summed E-state index contributed by atoms with van der Waals surface area (Å²) in [5, 5.41) is 6.97. The summed E-state index contributed by atoms with van der Waals surface area (Å²) in [4.78, 5) is 0. The molecule has 1 aliphatic rings. The molecule has 0 bridgehead atoms. The van der Waals surface area contributed by atoms with Crippen molar-refractivity contribution >= 4 is 0 Å². The second-order valence-corrected chi connectivity index (χ2v) is 5.93. The maximum Gasteiger partial charge on any atom is 0.122 e. The van der Waals surface area contributed by atoms with Gasteiger partial charge in [0.05, 0.1) is 6.61 Å². The first-order valence-corrected chi connectivity index (χ1v) is 6.74. The highest BCUT2D eigenvalue weighted by Crippen LogP contribution is 2.32.